The van der Waals surface area contributed by atoms with E-state index in [4.69, 9.17) is 4.74 Å². The van der Waals surface area contributed by atoms with Crippen LogP contribution >= 0.6 is 0 Å². The van der Waals surface area contributed by atoms with Crippen LogP contribution in [0.5, 0.6) is 5.75 Å². The summed E-state index contributed by atoms with van der Waals surface area (Å²) in [5.41, 5.74) is 3.94. The topological polar surface area (TPSA) is 49.9 Å². The molecule has 1 aromatic heterocycles. The van der Waals surface area contributed by atoms with Gasteiger partial charge in [0.25, 0.3) is 0 Å². The van der Waals surface area contributed by atoms with Gasteiger partial charge in [-0.25, -0.2) is 8.78 Å². The first-order valence-electron chi connectivity index (χ1n) is 7.12. The van der Waals surface area contributed by atoms with Gasteiger partial charge in [0.1, 0.15) is 23.2 Å². The molecule has 4 nitrogen and oxygen atoms in total. The third kappa shape index (κ3) is 2.23. The Morgan fingerprint density at radius 1 is 1.17 bits per heavy atom. The molecule has 23 heavy (non-hydrogen) atoms. The van der Waals surface area contributed by atoms with E-state index >= 15 is 0 Å². The molecule has 2 N–H and O–H groups in total. The number of halogens is 2. The Morgan fingerprint density at radius 2 is 2.04 bits per heavy atom. The monoisotopic (exact) mass is 313 g/mol. The van der Waals surface area contributed by atoms with E-state index < -0.39 is 11.6 Å². The Labute approximate surface area is 131 Å². The van der Waals surface area contributed by atoms with Crippen molar-refractivity contribution in [1.82, 2.24) is 10.2 Å². The zero-order valence-corrected chi connectivity index (χ0v) is 12.3. The van der Waals surface area contributed by atoms with Crippen LogP contribution < -0.4 is 10.1 Å². The molecule has 0 saturated heterocycles. The van der Waals surface area contributed by atoms with Crippen molar-refractivity contribution >= 4 is 11.5 Å². The van der Waals surface area contributed by atoms with Gasteiger partial charge in [-0.2, -0.15) is 5.10 Å². The van der Waals surface area contributed by atoms with Gasteiger partial charge in [0.2, 0.25) is 0 Å². The summed E-state index contributed by atoms with van der Waals surface area (Å²) < 4.78 is 32.3. The molecule has 0 aliphatic heterocycles. The summed E-state index contributed by atoms with van der Waals surface area (Å²) in [5.74, 6) is 0.327. The van der Waals surface area contributed by atoms with Crippen LogP contribution in [0.1, 0.15) is 11.1 Å². The van der Waals surface area contributed by atoms with E-state index in [2.05, 4.69) is 15.5 Å². The van der Waals surface area contributed by atoms with Crippen molar-refractivity contribution in [2.24, 2.45) is 0 Å². The van der Waals surface area contributed by atoms with Crippen LogP contribution in [0.25, 0.3) is 11.3 Å². The van der Waals surface area contributed by atoms with Crippen molar-refractivity contribution in [3.05, 3.63) is 59.2 Å². The normalized spacial score (nSPS) is 12.0. The fourth-order valence-electron chi connectivity index (χ4n) is 2.86. The molecular weight excluding hydrogens is 300 g/mol. The second kappa shape index (κ2) is 5.08. The standard InChI is InChI=1S/C17H13F2N3O/c1-23-11-3-4-12-9(6-11)7-13-16(12)21-22-17(13)20-15-8-10(18)2-5-14(15)19/h2-6,8H,7H2,1H3,(H2,20,21,22). The number of nitrogens with zero attached hydrogens (tertiary/aromatic N) is 1. The summed E-state index contributed by atoms with van der Waals surface area (Å²) in [6.45, 7) is 0. The van der Waals surface area contributed by atoms with Crippen LogP contribution in [0.2, 0.25) is 0 Å². The highest BCUT2D eigenvalue weighted by atomic mass is 19.1. The Morgan fingerprint density at radius 3 is 2.87 bits per heavy atom. The van der Waals surface area contributed by atoms with E-state index in [1.54, 1.807) is 7.11 Å². The van der Waals surface area contributed by atoms with Crippen LogP contribution in [-0.4, -0.2) is 17.3 Å². The molecule has 0 spiro atoms. The number of anilines is 2. The van der Waals surface area contributed by atoms with Crippen molar-refractivity contribution in [3.8, 4) is 17.0 Å². The van der Waals surface area contributed by atoms with Gasteiger partial charge in [-0.3, -0.25) is 5.10 Å². The summed E-state index contributed by atoms with van der Waals surface area (Å²) in [7, 11) is 1.62. The summed E-state index contributed by atoms with van der Waals surface area (Å²) in [4.78, 5) is 0. The Hall–Kier alpha value is -2.89. The number of methoxy groups -OCH3 is 1. The molecule has 1 aliphatic carbocycles. The highest BCUT2D eigenvalue weighted by Gasteiger charge is 2.25. The quantitative estimate of drug-likeness (QED) is 0.601. The smallest absolute Gasteiger partial charge is 0.146 e. The highest BCUT2D eigenvalue weighted by molar-refractivity contribution is 5.80. The molecule has 1 aliphatic rings. The Balaban J connectivity index is 1.70. The van der Waals surface area contributed by atoms with Gasteiger partial charge in [-0.1, -0.05) is 0 Å². The predicted molar refractivity (Wildman–Crippen MR) is 83.0 cm³/mol. The van der Waals surface area contributed by atoms with Crippen LogP contribution in [-0.2, 0) is 6.42 Å². The average molecular weight is 313 g/mol. The maximum absolute atomic E-state index is 13.8. The van der Waals surface area contributed by atoms with Crippen molar-refractivity contribution in [2.75, 3.05) is 12.4 Å². The van der Waals surface area contributed by atoms with E-state index in [0.29, 0.717) is 12.2 Å². The SMILES string of the molecule is COc1ccc2c(c1)Cc1c-2n[nH]c1Nc1cc(F)ccc1F. The first kappa shape index (κ1) is 13.8. The molecule has 3 aromatic rings. The number of aromatic nitrogens is 2. The van der Waals surface area contributed by atoms with Gasteiger partial charge < -0.3 is 10.1 Å². The molecule has 2 aromatic carbocycles. The number of hydrogen-bond donors (Lipinski definition) is 2. The summed E-state index contributed by atoms with van der Waals surface area (Å²) in [6, 6.07) is 9.08. The third-order valence-corrected chi connectivity index (χ3v) is 3.99. The van der Waals surface area contributed by atoms with Gasteiger partial charge in [-0.05, 0) is 35.9 Å². The lowest BCUT2D eigenvalue weighted by Crippen LogP contribution is -1.98. The minimum absolute atomic E-state index is 0.0741. The lowest BCUT2D eigenvalue weighted by molar-refractivity contribution is 0.414. The summed E-state index contributed by atoms with van der Waals surface area (Å²) in [6.07, 6.45) is 0.650. The maximum atomic E-state index is 13.8. The molecule has 1 heterocycles. The number of H-pyrrole nitrogens is 1. The van der Waals surface area contributed by atoms with E-state index in [1.807, 2.05) is 18.2 Å². The van der Waals surface area contributed by atoms with Gasteiger partial charge in [0.15, 0.2) is 0 Å². The van der Waals surface area contributed by atoms with Crippen molar-refractivity contribution in [3.63, 3.8) is 0 Å². The van der Waals surface area contributed by atoms with Gasteiger partial charge >= 0.3 is 0 Å². The minimum atomic E-state index is -0.521. The van der Waals surface area contributed by atoms with Gasteiger partial charge in [0, 0.05) is 23.6 Å². The number of nitrogens with one attached hydrogen (secondary N) is 2. The predicted octanol–water partition coefficient (Wildman–Crippen LogP) is 4.01. The second-order valence-electron chi connectivity index (χ2n) is 5.37. The fraction of sp³-hybridized carbons (Fsp3) is 0.118. The average Bonchev–Trinajstić information content (AvgIpc) is 3.10. The first-order valence-corrected chi connectivity index (χ1v) is 7.12. The van der Waals surface area contributed by atoms with Crippen LogP contribution in [0.15, 0.2) is 36.4 Å². The molecule has 6 heteroatoms. The van der Waals surface area contributed by atoms with E-state index in [0.717, 1.165) is 46.3 Å². The van der Waals surface area contributed by atoms with E-state index in [1.165, 1.54) is 0 Å². The lowest BCUT2D eigenvalue weighted by atomic mass is 10.1. The third-order valence-electron chi connectivity index (χ3n) is 3.99. The molecule has 4 rings (SSSR count). The zero-order chi connectivity index (χ0) is 16.0. The lowest BCUT2D eigenvalue weighted by Gasteiger charge is -2.07. The molecule has 0 amide bonds. The Bertz CT molecular complexity index is 905. The van der Waals surface area contributed by atoms with Crippen LogP contribution in [0, 0.1) is 11.6 Å². The molecule has 116 valence electrons. The molecule has 0 saturated carbocycles. The fourth-order valence-corrected chi connectivity index (χ4v) is 2.86. The minimum Gasteiger partial charge on any atom is -0.497 e. The molecule has 0 atom stereocenters. The molecule has 0 bridgehead atoms. The summed E-state index contributed by atoms with van der Waals surface area (Å²) in [5, 5.41) is 10.0. The number of ether oxygens (including phenoxy) is 1. The maximum Gasteiger partial charge on any atom is 0.146 e. The number of hydrogen-bond acceptors (Lipinski definition) is 3. The molecule has 0 fully saturated rings. The second-order valence-corrected chi connectivity index (χ2v) is 5.37. The van der Waals surface area contributed by atoms with Gasteiger partial charge in [0.05, 0.1) is 18.5 Å². The largest absolute Gasteiger partial charge is 0.497 e. The van der Waals surface area contributed by atoms with E-state index in [9.17, 15) is 8.78 Å². The van der Waals surface area contributed by atoms with Crippen molar-refractivity contribution in [2.45, 2.75) is 6.42 Å². The molecule has 0 unspecified atom stereocenters. The number of fused-ring (bicyclic) bond motifs is 3. The van der Waals surface area contributed by atoms with Crippen LogP contribution in [0.4, 0.5) is 20.3 Å². The van der Waals surface area contributed by atoms with Crippen molar-refractivity contribution < 1.29 is 13.5 Å². The zero-order valence-electron chi connectivity index (χ0n) is 12.3. The van der Waals surface area contributed by atoms with Crippen LogP contribution in [0.3, 0.4) is 0 Å². The molecule has 0 radical (unpaired) electrons. The highest BCUT2D eigenvalue weighted by Crippen LogP contribution is 2.40. The van der Waals surface area contributed by atoms with Gasteiger partial charge in [-0.15, -0.1) is 0 Å². The number of benzene rings is 2. The first-order chi connectivity index (χ1) is 11.2. The van der Waals surface area contributed by atoms with Crippen molar-refractivity contribution in [1.29, 1.82) is 0 Å². The number of rotatable bonds is 3. The van der Waals surface area contributed by atoms with E-state index in [-0.39, 0.29) is 5.69 Å². The number of aromatic amines is 1. The summed E-state index contributed by atoms with van der Waals surface area (Å²) >= 11 is 0. The molecular formula is C17H13F2N3O. The Kier molecular flexibility index (Phi) is 3.04.